The average Bonchev–Trinajstić information content (AvgIpc) is 3.03. The van der Waals surface area contributed by atoms with Crippen LogP contribution in [0.3, 0.4) is 0 Å². The molecule has 1 heterocycles. The summed E-state index contributed by atoms with van der Waals surface area (Å²) in [6.45, 7) is 11.0. The van der Waals surface area contributed by atoms with Crippen LogP contribution in [0.1, 0.15) is 62.0 Å². The highest BCUT2D eigenvalue weighted by Crippen LogP contribution is 2.31. The maximum absolute atomic E-state index is 6.40. The van der Waals surface area contributed by atoms with Gasteiger partial charge in [-0.2, -0.15) is 0 Å². The third-order valence-electron chi connectivity index (χ3n) is 4.73. The zero-order valence-corrected chi connectivity index (χ0v) is 18.3. The van der Waals surface area contributed by atoms with Crippen LogP contribution >= 0.6 is 23.2 Å². The van der Waals surface area contributed by atoms with E-state index in [1.165, 1.54) is 11.1 Å². The molecule has 1 aromatic heterocycles. The Kier molecular flexibility index (Phi) is 6.31. The predicted molar refractivity (Wildman–Crippen MR) is 115 cm³/mol. The van der Waals surface area contributed by atoms with E-state index >= 15 is 0 Å². The molecule has 0 saturated heterocycles. The molecule has 0 aliphatic carbocycles. The molecule has 0 bridgehead atoms. The van der Waals surface area contributed by atoms with E-state index in [0.717, 1.165) is 17.1 Å². The number of para-hydroxylation sites is 1. The summed E-state index contributed by atoms with van der Waals surface area (Å²) < 4.78 is 7.80. The van der Waals surface area contributed by atoms with Crippen molar-refractivity contribution >= 4 is 23.2 Å². The Hall–Kier alpha value is -2.04. The van der Waals surface area contributed by atoms with Crippen LogP contribution < -0.4 is 4.74 Å². The first-order valence-electron chi connectivity index (χ1n) is 9.41. The Bertz CT molecular complexity index is 960. The maximum Gasteiger partial charge on any atom is 0.132 e. The fourth-order valence-electron chi connectivity index (χ4n) is 3.31. The normalized spacial score (nSPS) is 11.5. The van der Waals surface area contributed by atoms with E-state index in [1.807, 2.05) is 12.1 Å². The van der Waals surface area contributed by atoms with Gasteiger partial charge in [-0.25, -0.2) is 4.68 Å². The van der Waals surface area contributed by atoms with Gasteiger partial charge in [-0.05, 0) is 54.2 Å². The van der Waals surface area contributed by atoms with E-state index in [4.69, 9.17) is 27.9 Å². The Morgan fingerprint density at radius 1 is 1.00 bits per heavy atom. The Balaban J connectivity index is 1.95. The molecule has 2 aromatic carbocycles. The van der Waals surface area contributed by atoms with Crippen molar-refractivity contribution in [1.29, 1.82) is 0 Å². The van der Waals surface area contributed by atoms with Crippen molar-refractivity contribution in [3.05, 3.63) is 69.0 Å². The molecule has 0 N–H and O–H groups in total. The number of aromatic nitrogens is 3. The van der Waals surface area contributed by atoms with Crippen molar-refractivity contribution in [1.82, 2.24) is 15.0 Å². The average molecular weight is 418 g/mol. The first-order valence-corrected chi connectivity index (χ1v) is 10.2. The van der Waals surface area contributed by atoms with Crippen molar-refractivity contribution < 1.29 is 4.74 Å². The van der Waals surface area contributed by atoms with E-state index in [-0.39, 0.29) is 5.92 Å². The molecule has 0 aliphatic rings. The molecule has 0 fully saturated rings. The van der Waals surface area contributed by atoms with Gasteiger partial charge in [0.05, 0.1) is 15.7 Å². The summed E-state index contributed by atoms with van der Waals surface area (Å²) in [6, 6.07) is 11.6. The van der Waals surface area contributed by atoms with Gasteiger partial charge in [0.15, 0.2) is 0 Å². The van der Waals surface area contributed by atoms with Crippen molar-refractivity contribution in [3.63, 3.8) is 0 Å². The third-order valence-corrected chi connectivity index (χ3v) is 5.34. The molecule has 3 aromatic rings. The van der Waals surface area contributed by atoms with Crippen LogP contribution in [0, 0.1) is 6.92 Å². The van der Waals surface area contributed by atoms with Crippen molar-refractivity contribution in [2.45, 2.75) is 53.1 Å². The predicted octanol–water partition coefficient (Wildman–Crippen LogP) is 6.71. The first-order chi connectivity index (χ1) is 13.3. The van der Waals surface area contributed by atoms with Gasteiger partial charge in [0.25, 0.3) is 0 Å². The van der Waals surface area contributed by atoms with Crippen LogP contribution in [0.25, 0.3) is 5.69 Å². The molecule has 6 heteroatoms. The highest BCUT2D eigenvalue weighted by Gasteiger charge is 2.21. The quantitative estimate of drug-likeness (QED) is 0.447. The summed E-state index contributed by atoms with van der Waals surface area (Å²) in [5.74, 6) is 1.49. The van der Waals surface area contributed by atoms with Gasteiger partial charge in [-0.15, -0.1) is 5.10 Å². The standard InChI is InChI=1S/C22H25Cl2N3O/c1-13(2)17-10-9-16(11-15(17)5)28-12-20-21(14(3)4)25-26-27(20)22-18(23)7-6-8-19(22)24/h6-11,13-14H,12H2,1-5H3. The van der Waals surface area contributed by atoms with Crippen LogP contribution in [0.5, 0.6) is 5.75 Å². The Morgan fingerprint density at radius 3 is 2.25 bits per heavy atom. The summed E-state index contributed by atoms with van der Waals surface area (Å²) in [5, 5.41) is 9.71. The van der Waals surface area contributed by atoms with Gasteiger partial charge in [0.1, 0.15) is 23.7 Å². The van der Waals surface area contributed by atoms with Crippen LogP contribution in [0.4, 0.5) is 0 Å². The largest absolute Gasteiger partial charge is 0.487 e. The number of halogens is 2. The van der Waals surface area contributed by atoms with Gasteiger partial charge in [-0.1, -0.05) is 68.2 Å². The van der Waals surface area contributed by atoms with E-state index in [1.54, 1.807) is 16.8 Å². The van der Waals surface area contributed by atoms with Crippen molar-refractivity contribution in [3.8, 4) is 11.4 Å². The molecule has 0 spiro atoms. The zero-order valence-electron chi connectivity index (χ0n) is 16.8. The highest BCUT2D eigenvalue weighted by atomic mass is 35.5. The topological polar surface area (TPSA) is 39.9 Å². The number of benzene rings is 2. The van der Waals surface area contributed by atoms with Gasteiger partial charge in [0.2, 0.25) is 0 Å². The van der Waals surface area contributed by atoms with Crippen LogP contribution in [-0.2, 0) is 6.61 Å². The van der Waals surface area contributed by atoms with E-state index < -0.39 is 0 Å². The number of rotatable bonds is 6. The molecular formula is C22H25Cl2N3O. The number of nitrogens with zero attached hydrogens (tertiary/aromatic N) is 3. The second kappa shape index (κ2) is 8.54. The molecule has 28 heavy (non-hydrogen) atoms. The molecule has 0 saturated carbocycles. The van der Waals surface area contributed by atoms with Gasteiger partial charge >= 0.3 is 0 Å². The number of ether oxygens (including phenoxy) is 1. The fraction of sp³-hybridized carbons (Fsp3) is 0.364. The second-order valence-corrected chi connectivity index (χ2v) is 8.33. The number of aryl methyl sites for hydroxylation is 1. The molecule has 0 aliphatic heterocycles. The summed E-state index contributed by atoms with van der Waals surface area (Å²) in [7, 11) is 0. The lowest BCUT2D eigenvalue weighted by Gasteiger charge is -2.15. The smallest absolute Gasteiger partial charge is 0.132 e. The lowest BCUT2D eigenvalue weighted by molar-refractivity contribution is 0.295. The minimum atomic E-state index is 0.193. The van der Waals surface area contributed by atoms with Gasteiger partial charge in [0, 0.05) is 0 Å². The highest BCUT2D eigenvalue weighted by molar-refractivity contribution is 6.37. The Labute approximate surface area is 176 Å². The Morgan fingerprint density at radius 2 is 1.68 bits per heavy atom. The number of hydrogen-bond donors (Lipinski definition) is 0. The molecule has 4 nitrogen and oxygen atoms in total. The SMILES string of the molecule is Cc1cc(OCc2c(C(C)C)nnn2-c2c(Cl)cccc2Cl)ccc1C(C)C. The minimum Gasteiger partial charge on any atom is -0.487 e. The monoisotopic (exact) mass is 417 g/mol. The van der Waals surface area contributed by atoms with Gasteiger partial charge < -0.3 is 4.74 Å². The molecule has 0 amide bonds. The molecule has 3 rings (SSSR count). The van der Waals surface area contributed by atoms with E-state index in [0.29, 0.717) is 28.3 Å². The molecule has 0 radical (unpaired) electrons. The second-order valence-electron chi connectivity index (χ2n) is 7.52. The number of hydrogen-bond acceptors (Lipinski definition) is 3. The van der Waals surface area contributed by atoms with E-state index in [2.05, 4.69) is 57.1 Å². The summed E-state index contributed by atoms with van der Waals surface area (Å²) >= 11 is 12.8. The van der Waals surface area contributed by atoms with Crippen LogP contribution in [-0.4, -0.2) is 15.0 Å². The summed E-state index contributed by atoms with van der Waals surface area (Å²) in [4.78, 5) is 0. The lowest BCUT2D eigenvalue weighted by atomic mass is 9.98. The first kappa shape index (κ1) is 20.7. The van der Waals surface area contributed by atoms with E-state index in [9.17, 15) is 0 Å². The van der Waals surface area contributed by atoms with Gasteiger partial charge in [-0.3, -0.25) is 0 Å². The molecular weight excluding hydrogens is 393 g/mol. The molecule has 0 unspecified atom stereocenters. The van der Waals surface area contributed by atoms with Crippen molar-refractivity contribution in [2.24, 2.45) is 0 Å². The lowest BCUT2D eigenvalue weighted by Crippen LogP contribution is -2.09. The van der Waals surface area contributed by atoms with Crippen molar-refractivity contribution in [2.75, 3.05) is 0 Å². The summed E-state index contributed by atoms with van der Waals surface area (Å²) in [6.07, 6.45) is 0. The third kappa shape index (κ3) is 4.18. The van der Waals surface area contributed by atoms with Crippen LogP contribution in [0.15, 0.2) is 36.4 Å². The maximum atomic E-state index is 6.40. The van der Waals surface area contributed by atoms with Crippen LogP contribution in [0.2, 0.25) is 10.0 Å². The zero-order chi connectivity index (χ0) is 20.4. The minimum absolute atomic E-state index is 0.193. The molecule has 0 atom stereocenters. The fourth-order valence-corrected chi connectivity index (χ4v) is 3.86. The molecule has 148 valence electrons. The summed E-state index contributed by atoms with van der Waals surface area (Å²) in [5.41, 5.74) is 4.87.